The van der Waals surface area contributed by atoms with Gasteiger partial charge >= 0.3 is 0 Å². The van der Waals surface area contributed by atoms with Gasteiger partial charge in [-0.05, 0) is 81.9 Å². The van der Waals surface area contributed by atoms with E-state index in [0.717, 1.165) is 45.2 Å². The van der Waals surface area contributed by atoms with Crippen LogP contribution in [0, 0.1) is 0 Å². The standard InChI is InChI=1S/C46H33N5/c1-46(2)38-21-9-6-18-34(38)35-27-26-31(29-39(35)46)30-14-12-15-32(28-30)44-48-49-45(50(44)33-16-4-3-5-17-33)40-22-13-25-43(47-40)51-41-23-10-7-19-36(41)37-20-8-11-24-42(37)51/h3-29H,1-2H3. The second-order valence-electron chi connectivity index (χ2n) is 13.8. The maximum atomic E-state index is 5.25. The van der Waals surface area contributed by atoms with Crippen molar-refractivity contribution in [3.8, 4) is 56.7 Å². The molecule has 9 aromatic rings. The van der Waals surface area contributed by atoms with Crippen molar-refractivity contribution in [3.05, 3.63) is 175 Å². The molecule has 1 aliphatic carbocycles. The van der Waals surface area contributed by atoms with Crippen LogP contribution < -0.4 is 0 Å². The Labute approximate surface area is 296 Å². The lowest BCUT2D eigenvalue weighted by Gasteiger charge is -2.22. The van der Waals surface area contributed by atoms with Gasteiger partial charge in [-0.15, -0.1) is 10.2 Å². The highest BCUT2D eigenvalue weighted by Gasteiger charge is 2.35. The number of fused-ring (bicyclic) bond motifs is 6. The van der Waals surface area contributed by atoms with E-state index in [9.17, 15) is 0 Å². The molecule has 6 aromatic carbocycles. The monoisotopic (exact) mass is 655 g/mol. The summed E-state index contributed by atoms with van der Waals surface area (Å²) < 4.78 is 4.36. The Bertz CT molecular complexity index is 2730. The Balaban J connectivity index is 1.10. The topological polar surface area (TPSA) is 48.5 Å². The largest absolute Gasteiger partial charge is 0.294 e. The Kier molecular flexibility index (Phi) is 6.46. The van der Waals surface area contributed by atoms with Crippen LogP contribution >= 0.6 is 0 Å². The average Bonchev–Trinajstić information content (AvgIpc) is 3.85. The van der Waals surface area contributed by atoms with E-state index < -0.39 is 0 Å². The third-order valence-corrected chi connectivity index (χ3v) is 10.5. The average molecular weight is 656 g/mol. The summed E-state index contributed by atoms with van der Waals surface area (Å²) in [6, 6.07) is 57.8. The molecule has 3 aromatic heterocycles. The van der Waals surface area contributed by atoms with Crippen molar-refractivity contribution in [3.63, 3.8) is 0 Å². The van der Waals surface area contributed by atoms with Gasteiger partial charge in [0, 0.05) is 27.4 Å². The van der Waals surface area contributed by atoms with E-state index in [-0.39, 0.29) is 5.41 Å². The second-order valence-corrected chi connectivity index (χ2v) is 13.8. The van der Waals surface area contributed by atoms with Crippen molar-refractivity contribution in [1.29, 1.82) is 0 Å². The molecule has 0 spiro atoms. The minimum absolute atomic E-state index is 0.0668. The molecule has 0 amide bonds. The first-order chi connectivity index (χ1) is 25.1. The number of benzene rings is 6. The Hall–Kier alpha value is -6.59. The molecule has 0 N–H and O–H groups in total. The third kappa shape index (κ3) is 4.51. The van der Waals surface area contributed by atoms with Crippen LogP contribution in [0.3, 0.4) is 0 Å². The predicted octanol–water partition coefficient (Wildman–Crippen LogP) is 11.1. The van der Waals surface area contributed by atoms with Crippen molar-refractivity contribution >= 4 is 21.8 Å². The molecule has 10 rings (SSSR count). The normalized spacial score (nSPS) is 13.1. The number of aromatic nitrogens is 5. The SMILES string of the molecule is CC1(C)c2ccccc2-c2ccc(-c3cccc(-c4nnc(-c5cccc(-n6c7ccccc7c7ccccc76)n5)n4-c4ccccc4)c3)cc21. The quantitative estimate of drug-likeness (QED) is 0.185. The van der Waals surface area contributed by atoms with Gasteiger partial charge in [0.1, 0.15) is 11.5 Å². The molecular weight excluding hydrogens is 623 g/mol. The fourth-order valence-electron chi connectivity index (χ4n) is 8.02. The van der Waals surface area contributed by atoms with E-state index in [4.69, 9.17) is 15.2 Å². The summed E-state index contributed by atoms with van der Waals surface area (Å²) in [6.45, 7) is 4.65. The highest BCUT2D eigenvalue weighted by atomic mass is 15.3. The van der Waals surface area contributed by atoms with Crippen LogP contribution in [0.5, 0.6) is 0 Å². The van der Waals surface area contributed by atoms with Crippen LogP contribution in [0.4, 0.5) is 0 Å². The molecule has 0 radical (unpaired) electrons. The molecule has 0 aliphatic heterocycles. The highest BCUT2D eigenvalue weighted by molar-refractivity contribution is 6.09. The van der Waals surface area contributed by atoms with Gasteiger partial charge in [-0.1, -0.05) is 129 Å². The third-order valence-electron chi connectivity index (χ3n) is 10.5. The fourth-order valence-corrected chi connectivity index (χ4v) is 8.02. The minimum Gasteiger partial charge on any atom is -0.294 e. The van der Waals surface area contributed by atoms with Gasteiger partial charge in [0.2, 0.25) is 0 Å². The molecule has 5 nitrogen and oxygen atoms in total. The first-order valence-electron chi connectivity index (χ1n) is 17.4. The zero-order valence-corrected chi connectivity index (χ0v) is 28.3. The van der Waals surface area contributed by atoms with Crippen molar-refractivity contribution in [2.75, 3.05) is 0 Å². The summed E-state index contributed by atoms with van der Waals surface area (Å²) in [7, 11) is 0. The number of hydrogen-bond acceptors (Lipinski definition) is 3. The smallest absolute Gasteiger partial charge is 0.187 e. The summed E-state index contributed by atoms with van der Waals surface area (Å²) in [4.78, 5) is 5.25. The van der Waals surface area contributed by atoms with E-state index in [1.807, 2.05) is 24.3 Å². The number of hydrogen-bond donors (Lipinski definition) is 0. The van der Waals surface area contributed by atoms with Crippen LogP contribution in [0.1, 0.15) is 25.0 Å². The second kappa shape index (κ2) is 11.2. The molecule has 3 heterocycles. The van der Waals surface area contributed by atoms with E-state index in [2.05, 4.69) is 163 Å². The molecule has 0 atom stereocenters. The van der Waals surface area contributed by atoms with Gasteiger partial charge in [0.25, 0.3) is 0 Å². The summed E-state index contributed by atoms with van der Waals surface area (Å²) in [5, 5.41) is 12.1. The van der Waals surface area contributed by atoms with Crippen LogP contribution in [0.2, 0.25) is 0 Å². The summed E-state index contributed by atoms with van der Waals surface area (Å²) in [5.41, 5.74) is 12.6. The van der Waals surface area contributed by atoms with Crippen LogP contribution in [0.25, 0.3) is 78.5 Å². The van der Waals surface area contributed by atoms with Crippen molar-refractivity contribution in [2.24, 2.45) is 0 Å². The minimum atomic E-state index is -0.0668. The molecule has 0 saturated heterocycles. The maximum Gasteiger partial charge on any atom is 0.187 e. The zero-order chi connectivity index (χ0) is 34.1. The van der Waals surface area contributed by atoms with E-state index in [1.54, 1.807) is 0 Å². The van der Waals surface area contributed by atoms with Gasteiger partial charge in [0.05, 0.1) is 11.0 Å². The van der Waals surface area contributed by atoms with E-state index in [0.29, 0.717) is 5.82 Å². The number of nitrogens with zero attached hydrogens (tertiary/aromatic N) is 5. The molecule has 0 saturated carbocycles. The van der Waals surface area contributed by atoms with Gasteiger partial charge in [-0.2, -0.15) is 0 Å². The van der Waals surface area contributed by atoms with Crippen molar-refractivity contribution in [2.45, 2.75) is 19.3 Å². The molecule has 0 fully saturated rings. The van der Waals surface area contributed by atoms with Gasteiger partial charge in [-0.25, -0.2) is 4.98 Å². The van der Waals surface area contributed by atoms with Crippen LogP contribution in [-0.4, -0.2) is 24.3 Å². The number of rotatable bonds is 5. The lowest BCUT2D eigenvalue weighted by molar-refractivity contribution is 0.660. The predicted molar refractivity (Wildman–Crippen MR) is 207 cm³/mol. The number of pyridine rings is 1. The van der Waals surface area contributed by atoms with Gasteiger partial charge < -0.3 is 0 Å². The first-order valence-corrected chi connectivity index (χ1v) is 17.4. The van der Waals surface area contributed by atoms with Crippen LogP contribution in [-0.2, 0) is 5.41 Å². The fraction of sp³-hybridized carbons (Fsp3) is 0.0652. The van der Waals surface area contributed by atoms with Crippen LogP contribution in [0.15, 0.2) is 164 Å². The Morgan fingerprint density at radius 1 is 0.451 bits per heavy atom. The lowest BCUT2D eigenvalue weighted by Crippen LogP contribution is -2.14. The lowest BCUT2D eigenvalue weighted by atomic mass is 9.81. The summed E-state index contributed by atoms with van der Waals surface area (Å²) >= 11 is 0. The van der Waals surface area contributed by atoms with Gasteiger partial charge in [0.15, 0.2) is 11.6 Å². The van der Waals surface area contributed by atoms with E-state index in [1.165, 1.54) is 38.6 Å². The molecular formula is C46H33N5. The summed E-state index contributed by atoms with van der Waals surface area (Å²) in [6.07, 6.45) is 0. The maximum absolute atomic E-state index is 5.25. The van der Waals surface area contributed by atoms with Crippen molar-refractivity contribution in [1.82, 2.24) is 24.3 Å². The molecule has 51 heavy (non-hydrogen) atoms. The summed E-state index contributed by atoms with van der Waals surface area (Å²) in [5.74, 6) is 2.27. The van der Waals surface area contributed by atoms with Crippen molar-refractivity contribution < 1.29 is 0 Å². The number of para-hydroxylation sites is 3. The highest BCUT2D eigenvalue weighted by Crippen LogP contribution is 2.49. The van der Waals surface area contributed by atoms with Gasteiger partial charge in [-0.3, -0.25) is 9.13 Å². The Morgan fingerprint density at radius 2 is 1.08 bits per heavy atom. The first kappa shape index (κ1) is 29.3. The molecule has 1 aliphatic rings. The Morgan fingerprint density at radius 3 is 1.88 bits per heavy atom. The molecule has 5 heteroatoms. The molecule has 0 bridgehead atoms. The molecule has 242 valence electrons. The van der Waals surface area contributed by atoms with E-state index >= 15 is 0 Å². The zero-order valence-electron chi connectivity index (χ0n) is 28.3. The molecule has 0 unspecified atom stereocenters.